The molecule has 1 aromatic rings. The fourth-order valence-corrected chi connectivity index (χ4v) is 2.08. The van der Waals surface area contributed by atoms with Crippen molar-refractivity contribution in [2.24, 2.45) is 0 Å². The molecule has 19 heavy (non-hydrogen) atoms. The summed E-state index contributed by atoms with van der Waals surface area (Å²) < 4.78 is 0. The van der Waals surface area contributed by atoms with Crippen LogP contribution in [0.5, 0.6) is 0 Å². The molecule has 0 aliphatic heterocycles. The van der Waals surface area contributed by atoms with E-state index >= 15 is 0 Å². The second-order valence-electron chi connectivity index (χ2n) is 4.82. The zero-order valence-corrected chi connectivity index (χ0v) is 12.2. The van der Waals surface area contributed by atoms with Gasteiger partial charge in [-0.1, -0.05) is 26.3 Å². The Labute approximate surface area is 116 Å². The van der Waals surface area contributed by atoms with Gasteiger partial charge in [0, 0.05) is 18.8 Å². The second kappa shape index (κ2) is 8.64. The Kier molecular flexibility index (Phi) is 7.11. The van der Waals surface area contributed by atoms with Crippen LogP contribution in [0.2, 0.25) is 0 Å². The molecule has 1 heterocycles. The lowest BCUT2D eigenvalue weighted by atomic mass is 10.1. The molecule has 0 aliphatic rings. The zero-order valence-electron chi connectivity index (χ0n) is 12.2. The van der Waals surface area contributed by atoms with Crippen LogP contribution in [0.1, 0.15) is 44.9 Å². The van der Waals surface area contributed by atoms with E-state index in [2.05, 4.69) is 35.5 Å². The third-order valence-corrected chi connectivity index (χ3v) is 3.07. The first-order valence-electron chi connectivity index (χ1n) is 7.10. The molecule has 4 nitrogen and oxygen atoms in total. The van der Waals surface area contributed by atoms with Crippen molar-refractivity contribution in [3.8, 4) is 0 Å². The van der Waals surface area contributed by atoms with E-state index in [0.29, 0.717) is 13.1 Å². The minimum Gasteiger partial charge on any atom is -0.353 e. The number of pyridine rings is 1. The number of nitrogens with one attached hydrogen (secondary N) is 2. The van der Waals surface area contributed by atoms with Gasteiger partial charge in [0.25, 0.3) is 0 Å². The predicted octanol–water partition coefficient (Wildman–Crippen LogP) is 2.04. The van der Waals surface area contributed by atoms with E-state index in [1.807, 2.05) is 13.0 Å². The fourth-order valence-electron chi connectivity index (χ4n) is 2.08. The molecule has 1 aromatic heterocycles. The number of nitrogens with zero attached hydrogens (tertiary/aromatic N) is 1. The number of carbonyl (C=O) groups excluding carboxylic acids is 1. The lowest BCUT2D eigenvalue weighted by Gasteiger charge is -2.13. The minimum atomic E-state index is 0.0509. The van der Waals surface area contributed by atoms with Crippen LogP contribution in [-0.4, -0.2) is 23.5 Å². The van der Waals surface area contributed by atoms with Gasteiger partial charge in [0.15, 0.2) is 0 Å². The van der Waals surface area contributed by atoms with Crippen LogP contribution >= 0.6 is 0 Å². The van der Waals surface area contributed by atoms with Gasteiger partial charge in [-0.3, -0.25) is 9.78 Å². The zero-order chi connectivity index (χ0) is 14.1. The van der Waals surface area contributed by atoms with Crippen molar-refractivity contribution in [3.63, 3.8) is 0 Å². The molecule has 0 bridgehead atoms. The maximum atomic E-state index is 11.7. The van der Waals surface area contributed by atoms with Crippen LogP contribution in [0.25, 0.3) is 0 Å². The van der Waals surface area contributed by atoms with Crippen molar-refractivity contribution in [1.82, 2.24) is 15.6 Å². The predicted molar refractivity (Wildman–Crippen MR) is 77.8 cm³/mol. The molecule has 0 saturated heterocycles. The number of carbonyl (C=O) groups is 1. The van der Waals surface area contributed by atoms with Crippen molar-refractivity contribution >= 4 is 5.91 Å². The van der Waals surface area contributed by atoms with Gasteiger partial charge in [0.2, 0.25) is 5.91 Å². The highest BCUT2D eigenvalue weighted by Gasteiger charge is 2.06. The van der Waals surface area contributed by atoms with Gasteiger partial charge in [0.05, 0.1) is 12.2 Å². The van der Waals surface area contributed by atoms with E-state index in [1.54, 1.807) is 6.20 Å². The molecular weight excluding hydrogens is 238 g/mol. The summed E-state index contributed by atoms with van der Waals surface area (Å²) in [6.45, 7) is 7.25. The Balaban J connectivity index is 2.31. The van der Waals surface area contributed by atoms with E-state index < -0.39 is 0 Å². The highest BCUT2D eigenvalue weighted by atomic mass is 16.1. The molecule has 0 saturated carbocycles. The Morgan fingerprint density at radius 2 is 2.21 bits per heavy atom. The van der Waals surface area contributed by atoms with Crippen molar-refractivity contribution < 1.29 is 4.79 Å². The molecule has 1 unspecified atom stereocenters. The number of rotatable bonds is 8. The number of aryl methyl sites for hydroxylation is 1. The molecule has 2 N–H and O–H groups in total. The van der Waals surface area contributed by atoms with Crippen molar-refractivity contribution in [1.29, 1.82) is 0 Å². The monoisotopic (exact) mass is 263 g/mol. The molecule has 0 spiro atoms. The largest absolute Gasteiger partial charge is 0.353 e. The van der Waals surface area contributed by atoms with Gasteiger partial charge in [-0.25, -0.2) is 0 Å². The highest BCUT2D eigenvalue weighted by Crippen LogP contribution is 2.05. The van der Waals surface area contributed by atoms with E-state index in [4.69, 9.17) is 0 Å². The van der Waals surface area contributed by atoms with Gasteiger partial charge < -0.3 is 10.6 Å². The molecule has 106 valence electrons. The van der Waals surface area contributed by atoms with E-state index in [1.165, 1.54) is 5.56 Å². The fraction of sp³-hybridized carbons (Fsp3) is 0.600. The van der Waals surface area contributed by atoms with E-state index in [0.717, 1.165) is 25.0 Å². The van der Waals surface area contributed by atoms with Gasteiger partial charge in [-0.05, 0) is 31.4 Å². The first-order chi connectivity index (χ1) is 9.17. The summed E-state index contributed by atoms with van der Waals surface area (Å²) in [6, 6.07) is 4.27. The Morgan fingerprint density at radius 1 is 1.42 bits per heavy atom. The summed E-state index contributed by atoms with van der Waals surface area (Å²) in [5.74, 6) is 0.0509. The van der Waals surface area contributed by atoms with Crippen LogP contribution in [0.15, 0.2) is 18.3 Å². The van der Waals surface area contributed by atoms with Gasteiger partial charge >= 0.3 is 0 Å². The van der Waals surface area contributed by atoms with Gasteiger partial charge in [-0.2, -0.15) is 0 Å². The van der Waals surface area contributed by atoms with Crippen LogP contribution in [-0.2, 0) is 17.8 Å². The van der Waals surface area contributed by atoms with Crippen molar-refractivity contribution in [2.45, 2.75) is 52.6 Å². The number of hydrogen-bond acceptors (Lipinski definition) is 3. The maximum Gasteiger partial charge on any atom is 0.234 e. The second-order valence-corrected chi connectivity index (χ2v) is 4.82. The normalized spacial score (nSPS) is 12.2. The summed E-state index contributed by atoms with van der Waals surface area (Å²) in [5, 5.41) is 6.12. The summed E-state index contributed by atoms with van der Waals surface area (Å²) >= 11 is 0. The third kappa shape index (κ3) is 5.83. The average molecular weight is 263 g/mol. The van der Waals surface area contributed by atoms with E-state index in [9.17, 15) is 4.79 Å². The maximum absolute atomic E-state index is 11.7. The summed E-state index contributed by atoms with van der Waals surface area (Å²) in [7, 11) is 0. The van der Waals surface area contributed by atoms with Crippen molar-refractivity contribution in [2.75, 3.05) is 6.54 Å². The Morgan fingerprint density at radius 3 is 2.89 bits per heavy atom. The molecule has 4 heteroatoms. The molecule has 1 amide bonds. The molecule has 0 aromatic carbocycles. The van der Waals surface area contributed by atoms with Gasteiger partial charge in [0.1, 0.15) is 0 Å². The third-order valence-electron chi connectivity index (χ3n) is 3.07. The molecule has 0 radical (unpaired) electrons. The van der Waals surface area contributed by atoms with Crippen LogP contribution in [0.4, 0.5) is 0 Å². The highest BCUT2D eigenvalue weighted by molar-refractivity contribution is 5.78. The lowest BCUT2D eigenvalue weighted by molar-refractivity contribution is -0.120. The van der Waals surface area contributed by atoms with Crippen LogP contribution < -0.4 is 10.6 Å². The Bertz CT molecular complexity index is 393. The number of aromatic nitrogens is 1. The molecule has 0 aliphatic carbocycles. The first-order valence-corrected chi connectivity index (χ1v) is 7.10. The lowest BCUT2D eigenvalue weighted by Crippen LogP contribution is -2.38. The topological polar surface area (TPSA) is 54.0 Å². The quantitative estimate of drug-likeness (QED) is 0.754. The minimum absolute atomic E-state index is 0.0509. The standard InChI is InChI=1S/C15H25N3O/c1-4-7-12(3)18-15(19)11-16-10-14-13(5-2)8-6-9-17-14/h6,8-9,12,16H,4-5,7,10-11H2,1-3H3,(H,18,19). The van der Waals surface area contributed by atoms with Crippen molar-refractivity contribution in [3.05, 3.63) is 29.6 Å². The summed E-state index contributed by atoms with van der Waals surface area (Å²) in [4.78, 5) is 16.0. The average Bonchev–Trinajstić information content (AvgIpc) is 2.39. The summed E-state index contributed by atoms with van der Waals surface area (Å²) in [5.41, 5.74) is 2.26. The smallest absolute Gasteiger partial charge is 0.234 e. The van der Waals surface area contributed by atoms with Crippen LogP contribution in [0, 0.1) is 0 Å². The SMILES string of the molecule is CCCC(C)NC(=O)CNCc1ncccc1CC. The molecule has 1 atom stereocenters. The molecule has 1 rings (SSSR count). The first kappa shape index (κ1) is 15.6. The van der Waals surface area contributed by atoms with Gasteiger partial charge in [-0.15, -0.1) is 0 Å². The number of amides is 1. The Hall–Kier alpha value is -1.42. The molecule has 0 fully saturated rings. The number of hydrogen-bond donors (Lipinski definition) is 2. The van der Waals surface area contributed by atoms with E-state index in [-0.39, 0.29) is 11.9 Å². The summed E-state index contributed by atoms with van der Waals surface area (Å²) in [6.07, 6.45) is 4.86. The molecular formula is C15H25N3O. The van der Waals surface area contributed by atoms with Crippen LogP contribution in [0.3, 0.4) is 0 Å².